The highest BCUT2D eigenvalue weighted by molar-refractivity contribution is 6.03. The number of nitrogens with zero attached hydrogens (tertiary/aromatic N) is 3. The summed E-state index contributed by atoms with van der Waals surface area (Å²) in [4.78, 5) is 22.2. The second-order valence-electron chi connectivity index (χ2n) is 7.92. The van der Waals surface area contributed by atoms with Crippen LogP contribution in [0.25, 0.3) is 0 Å². The van der Waals surface area contributed by atoms with Crippen molar-refractivity contribution < 1.29 is 9.47 Å². The van der Waals surface area contributed by atoms with Gasteiger partial charge in [0.05, 0.1) is 14.2 Å². The van der Waals surface area contributed by atoms with Gasteiger partial charge in [0.1, 0.15) is 11.5 Å². The maximum absolute atomic E-state index is 12.9. The highest BCUT2D eigenvalue weighted by Gasteiger charge is 2.27. The average molecular weight is 434 g/mol. The van der Waals surface area contributed by atoms with Crippen molar-refractivity contribution in [3.63, 3.8) is 0 Å². The summed E-state index contributed by atoms with van der Waals surface area (Å²) in [7, 11) is 3.17. The second-order valence-corrected chi connectivity index (χ2v) is 7.92. The van der Waals surface area contributed by atoms with Crippen LogP contribution in [0.15, 0.2) is 58.3 Å². The van der Waals surface area contributed by atoms with E-state index in [9.17, 15) is 4.79 Å². The van der Waals surface area contributed by atoms with E-state index in [-0.39, 0.29) is 5.56 Å². The van der Waals surface area contributed by atoms with Gasteiger partial charge < -0.3 is 14.8 Å². The van der Waals surface area contributed by atoms with E-state index in [1.165, 1.54) is 16.2 Å². The van der Waals surface area contributed by atoms with E-state index >= 15 is 0 Å². The largest absolute Gasteiger partial charge is 0.497 e. The van der Waals surface area contributed by atoms with Crippen LogP contribution in [0.1, 0.15) is 42.8 Å². The van der Waals surface area contributed by atoms with Crippen LogP contribution in [0.4, 0.5) is 11.6 Å². The molecule has 166 valence electrons. The Morgan fingerprint density at radius 2 is 1.81 bits per heavy atom. The summed E-state index contributed by atoms with van der Waals surface area (Å²) in [6.45, 7) is 6.10. The van der Waals surface area contributed by atoms with Crippen molar-refractivity contribution in [3.05, 3.63) is 75.7 Å². The number of hydrogen-bond donors (Lipinski definition) is 2. The van der Waals surface area contributed by atoms with Crippen molar-refractivity contribution in [1.82, 2.24) is 9.55 Å². The maximum Gasteiger partial charge on any atom is 0.257 e. The van der Waals surface area contributed by atoms with Gasteiger partial charge in [-0.05, 0) is 42.7 Å². The quantitative estimate of drug-likeness (QED) is 0.629. The molecule has 2 heterocycles. The fourth-order valence-corrected chi connectivity index (χ4v) is 3.64. The van der Waals surface area contributed by atoms with Crippen molar-refractivity contribution in [3.8, 4) is 11.5 Å². The lowest BCUT2D eigenvalue weighted by atomic mass is 10.0. The third-order valence-electron chi connectivity index (χ3n) is 5.37. The first kappa shape index (κ1) is 21.4. The number of rotatable bonds is 5. The minimum absolute atomic E-state index is 0.202. The van der Waals surface area contributed by atoms with Crippen molar-refractivity contribution in [2.45, 2.75) is 32.9 Å². The van der Waals surface area contributed by atoms with Crippen LogP contribution in [-0.2, 0) is 0 Å². The molecule has 0 saturated carbocycles. The van der Waals surface area contributed by atoms with E-state index in [1.54, 1.807) is 27.2 Å². The van der Waals surface area contributed by atoms with E-state index in [4.69, 9.17) is 14.5 Å². The Morgan fingerprint density at radius 1 is 1.06 bits per heavy atom. The van der Waals surface area contributed by atoms with E-state index < -0.39 is 6.17 Å². The number of nitrogens with one attached hydrogen (secondary N) is 2. The summed E-state index contributed by atoms with van der Waals surface area (Å²) >= 11 is 0. The lowest BCUT2D eigenvalue weighted by Gasteiger charge is -2.28. The van der Waals surface area contributed by atoms with Gasteiger partial charge in [-0.15, -0.1) is 0 Å². The number of aliphatic imine (C=N–C) groups is 1. The van der Waals surface area contributed by atoms with E-state index in [1.807, 2.05) is 24.3 Å². The predicted molar refractivity (Wildman–Crippen MR) is 126 cm³/mol. The molecule has 0 spiro atoms. The number of ether oxygens (including phenoxy) is 2. The number of aryl methyl sites for hydroxylation is 1. The average Bonchev–Trinajstić information content (AvgIpc) is 2.78. The van der Waals surface area contributed by atoms with Gasteiger partial charge in [-0.3, -0.25) is 14.7 Å². The van der Waals surface area contributed by atoms with Crippen LogP contribution < -0.4 is 25.7 Å². The number of hydrogen-bond acceptors (Lipinski definition) is 7. The first-order valence-electron chi connectivity index (χ1n) is 10.4. The zero-order chi connectivity index (χ0) is 22.8. The molecule has 1 aliphatic heterocycles. The molecule has 3 aromatic rings. The molecule has 32 heavy (non-hydrogen) atoms. The Bertz CT molecular complexity index is 1220. The van der Waals surface area contributed by atoms with Crippen molar-refractivity contribution >= 4 is 17.6 Å². The lowest BCUT2D eigenvalue weighted by Crippen LogP contribution is -2.37. The fraction of sp³-hybridized carbons (Fsp3) is 0.292. The Morgan fingerprint density at radius 3 is 2.47 bits per heavy atom. The molecule has 1 atom stereocenters. The summed E-state index contributed by atoms with van der Waals surface area (Å²) in [5.41, 5.74) is 3.27. The number of methoxy groups -OCH3 is 2. The standard InChI is InChI=1S/C24H27N5O3/c1-14(2)16-6-8-17(9-7-16)26-23-27-22(19-11-10-18(31-4)13-20(19)32-5)29-21(30)12-15(3)25-24(29)28-23/h6-14,22H,1-5H3,(H2,25,26,27,28). The molecule has 4 rings (SSSR count). The number of aromatic nitrogens is 2. The van der Waals surface area contributed by atoms with Crippen LogP contribution in [0.2, 0.25) is 0 Å². The van der Waals surface area contributed by atoms with Gasteiger partial charge in [0.2, 0.25) is 11.9 Å². The van der Waals surface area contributed by atoms with Gasteiger partial charge in [0.25, 0.3) is 5.56 Å². The molecule has 2 N–H and O–H groups in total. The van der Waals surface area contributed by atoms with Crippen LogP contribution in [0, 0.1) is 6.92 Å². The summed E-state index contributed by atoms with van der Waals surface area (Å²) in [5, 5.41) is 6.45. The first-order chi connectivity index (χ1) is 15.4. The molecule has 1 aromatic heterocycles. The van der Waals surface area contributed by atoms with Gasteiger partial charge in [-0.2, -0.15) is 0 Å². The molecular formula is C24H27N5O3. The number of benzene rings is 2. The van der Waals surface area contributed by atoms with E-state index in [2.05, 4.69) is 41.6 Å². The van der Waals surface area contributed by atoms with Gasteiger partial charge in [0, 0.05) is 29.1 Å². The monoisotopic (exact) mass is 433 g/mol. The lowest BCUT2D eigenvalue weighted by molar-refractivity contribution is 0.385. The molecular weight excluding hydrogens is 406 g/mol. The van der Waals surface area contributed by atoms with Crippen molar-refractivity contribution in [2.24, 2.45) is 4.99 Å². The molecule has 0 radical (unpaired) electrons. The Labute approximate surface area is 186 Å². The Hall–Kier alpha value is -3.81. The van der Waals surface area contributed by atoms with Crippen molar-refractivity contribution in [2.75, 3.05) is 24.9 Å². The molecule has 0 aliphatic carbocycles. The Kier molecular flexibility index (Phi) is 5.85. The minimum Gasteiger partial charge on any atom is -0.497 e. The van der Waals surface area contributed by atoms with Crippen LogP contribution in [-0.4, -0.2) is 29.7 Å². The molecule has 0 amide bonds. The normalized spacial score (nSPS) is 14.9. The molecule has 8 heteroatoms. The molecule has 0 fully saturated rings. The van der Waals surface area contributed by atoms with Crippen LogP contribution in [0.3, 0.4) is 0 Å². The first-order valence-corrected chi connectivity index (χ1v) is 10.4. The van der Waals surface area contributed by atoms with Gasteiger partial charge in [0.15, 0.2) is 6.17 Å². The summed E-state index contributed by atoms with van der Waals surface area (Å²) in [6, 6.07) is 15.1. The predicted octanol–water partition coefficient (Wildman–Crippen LogP) is 4.13. The zero-order valence-corrected chi connectivity index (χ0v) is 18.8. The topological polar surface area (TPSA) is 89.8 Å². The SMILES string of the molecule is COc1ccc(C2N=C(Nc3ccc(C(C)C)cc3)Nc3nc(C)cc(=O)n32)c(OC)c1. The summed E-state index contributed by atoms with van der Waals surface area (Å²) in [5.74, 6) is 2.57. The highest BCUT2D eigenvalue weighted by Crippen LogP contribution is 2.34. The maximum atomic E-state index is 12.9. The third-order valence-corrected chi connectivity index (χ3v) is 5.37. The van der Waals surface area contributed by atoms with Crippen LogP contribution >= 0.6 is 0 Å². The fourth-order valence-electron chi connectivity index (χ4n) is 3.64. The zero-order valence-electron chi connectivity index (χ0n) is 18.8. The van der Waals surface area contributed by atoms with Gasteiger partial charge in [-0.1, -0.05) is 26.0 Å². The minimum atomic E-state index is -0.662. The molecule has 1 aliphatic rings. The number of anilines is 2. The summed E-state index contributed by atoms with van der Waals surface area (Å²) in [6.07, 6.45) is -0.662. The molecule has 0 bridgehead atoms. The highest BCUT2D eigenvalue weighted by atomic mass is 16.5. The summed E-state index contributed by atoms with van der Waals surface area (Å²) < 4.78 is 12.4. The second kappa shape index (κ2) is 8.74. The number of guanidine groups is 1. The Balaban J connectivity index is 1.78. The smallest absolute Gasteiger partial charge is 0.257 e. The van der Waals surface area contributed by atoms with Crippen LogP contribution in [0.5, 0.6) is 11.5 Å². The van der Waals surface area contributed by atoms with E-state index in [0.717, 1.165) is 11.3 Å². The molecule has 1 unspecified atom stereocenters. The van der Waals surface area contributed by atoms with Crippen molar-refractivity contribution in [1.29, 1.82) is 0 Å². The molecule has 8 nitrogen and oxygen atoms in total. The van der Waals surface area contributed by atoms with Gasteiger partial charge >= 0.3 is 0 Å². The van der Waals surface area contributed by atoms with E-state index in [0.29, 0.717) is 35.0 Å². The third kappa shape index (κ3) is 4.16. The van der Waals surface area contributed by atoms with Gasteiger partial charge in [-0.25, -0.2) is 9.98 Å². The molecule has 0 saturated heterocycles. The molecule has 2 aromatic carbocycles. The number of fused-ring (bicyclic) bond motifs is 1.